The second-order valence-electron chi connectivity index (χ2n) is 7.85. The fourth-order valence-corrected chi connectivity index (χ4v) is 4.84. The minimum Gasteiger partial charge on any atom is -0.356 e. The van der Waals surface area contributed by atoms with E-state index in [9.17, 15) is 9.59 Å². The van der Waals surface area contributed by atoms with Gasteiger partial charge in [-0.25, -0.2) is 0 Å². The lowest BCUT2D eigenvalue weighted by Crippen LogP contribution is -2.43. The number of hydrogen-bond donors (Lipinski definition) is 1. The number of piperidine rings is 1. The molecule has 3 aromatic rings. The maximum absolute atomic E-state index is 12.9. The Kier molecular flexibility index (Phi) is 5.72. The van der Waals surface area contributed by atoms with E-state index < -0.39 is 0 Å². The number of nitrogens with one attached hydrogen (secondary N) is 1. The third kappa shape index (κ3) is 4.22. The van der Waals surface area contributed by atoms with Crippen LogP contribution in [0.25, 0.3) is 10.2 Å². The van der Waals surface area contributed by atoms with Crippen molar-refractivity contribution in [1.82, 2.24) is 14.8 Å². The Bertz CT molecular complexity index is 1010. The molecule has 152 valence electrons. The van der Waals surface area contributed by atoms with Crippen molar-refractivity contribution < 1.29 is 9.59 Å². The van der Waals surface area contributed by atoms with Gasteiger partial charge in [0.05, 0.1) is 10.2 Å². The predicted octanol–water partition coefficient (Wildman–Crippen LogP) is 3.76. The number of likely N-dealkylation sites (tertiary alicyclic amines) is 1. The van der Waals surface area contributed by atoms with Gasteiger partial charge in [0.15, 0.2) is 0 Å². The Morgan fingerprint density at radius 2 is 1.86 bits per heavy atom. The molecule has 1 fully saturated rings. The smallest absolute Gasteiger partial charge is 0.270 e. The normalized spacial score (nSPS) is 15.0. The van der Waals surface area contributed by atoms with Gasteiger partial charge >= 0.3 is 0 Å². The molecule has 2 amide bonds. The first-order valence-corrected chi connectivity index (χ1v) is 11.1. The highest BCUT2D eigenvalue weighted by atomic mass is 32.1. The molecule has 1 aromatic carbocycles. The lowest BCUT2D eigenvalue weighted by Gasteiger charge is -2.31. The van der Waals surface area contributed by atoms with Crippen molar-refractivity contribution in [2.45, 2.75) is 26.2 Å². The van der Waals surface area contributed by atoms with Gasteiger partial charge in [-0.05, 0) is 49.3 Å². The van der Waals surface area contributed by atoms with Crippen molar-refractivity contribution in [3.8, 4) is 0 Å². The molecule has 0 spiro atoms. The van der Waals surface area contributed by atoms with Crippen LogP contribution in [0.5, 0.6) is 0 Å². The summed E-state index contributed by atoms with van der Waals surface area (Å²) in [6.45, 7) is 3.99. The van der Waals surface area contributed by atoms with Crippen LogP contribution in [-0.4, -0.2) is 40.9 Å². The van der Waals surface area contributed by atoms with Crippen molar-refractivity contribution in [2.24, 2.45) is 13.0 Å². The van der Waals surface area contributed by atoms with Crippen molar-refractivity contribution in [3.05, 3.63) is 58.6 Å². The van der Waals surface area contributed by atoms with Crippen molar-refractivity contribution >= 4 is 33.4 Å². The minimum absolute atomic E-state index is 0.00558. The van der Waals surface area contributed by atoms with Crippen LogP contribution in [0, 0.1) is 12.8 Å². The van der Waals surface area contributed by atoms with Gasteiger partial charge < -0.3 is 14.8 Å². The van der Waals surface area contributed by atoms with E-state index in [0.717, 1.165) is 35.2 Å². The zero-order valence-corrected chi connectivity index (χ0v) is 17.8. The summed E-state index contributed by atoms with van der Waals surface area (Å²) in [6, 6.07) is 12.4. The molecule has 5 nitrogen and oxygen atoms in total. The number of hydrogen-bond acceptors (Lipinski definition) is 3. The molecular formula is C23H27N3O2S. The summed E-state index contributed by atoms with van der Waals surface area (Å²) in [5, 5.41) is 5.11. The van der Waals surface area contributed by atoms with Crippen LogP contribution in [0.15, 0.2) is 41.8 Å². The molecule has 0 saturated carbocycles. The van der Waals surface area contributed by atoms with Crippen LogP contribution in [0.1, 0.15) is 34.5 Å². The Hall–Kier alpha value is -2.60. The van der Waals surface area contributed by atoms with Crippen LogP contribution in [-0.2, 0) is 18.3 Å². The Balaban J connectivity index is 1.26. The summed E-state index contributed by atoms with van der Waals surface area (Å²) in [6.07, 6.45) is 2.29. The summed E-state index contributed by atoms with van der Waals surface area (Å²) in [7, 11) is 1.94. The number of aromatic nitrogens is 1. The molecule has 3 heterocycles. The highest BCUT2D eigenvalue weighted by Crippen LogP contribution is 2.26. The molecule has 1 aliphatic heterocycles. The number of rotatable bonds is 5. The SMILES string of the molecule is Cc1ccc(CCNC(=O)C2CCN(C(=O)c3cc4sccc4n3C)CC2)cc1. The monoisotopic (exact) mass is 409 g/mol. The average molecular weight is 410 g/mol. The fourth-order valence-electron chi connectivity index (χ4n) is 3.99. The molecule has 6 heteroatoms. The Morgan fingerprint density at radius 1 is 1.14 bits per heavy atom. The van der Waals surface area contributed by atoms with Gasteiger partial charge in [-0.3, -0.25) is 9.59 Å². The number of nitrogens with zero attached hydrogens (tertiary/aromatic N) is 2. The number of aryl methyl sites for hydroxylation is 2. The standard InChI is InChI=1S/C23H27N3O2S/c1-16-3-5-17(6-4-16)7-11-24-22(27)18-8-12-26(13-9-18)23(28)20-15-21-19(25(20)2)10-14-29-21/h3-6,10,14-15,18H,7-9,11-13H2,1-2H3,(H,24,27). The number of fused-ring (bicyclic) bond motifs is 1. The highest BCUT2D eigenvalue weighted by molar-refractivity contribution is 7.17. The Morgan fingerprint density at radius 3 is 2.55 bits per heavy atom. The molecule has 1 saturated heterocycles. The van der Waals surface area contributed by atoms with E-state index in [2.05, 4.69) is 36.5 Å². The number of carbonyl (C=O) groups is 2. The van der Waals surface area contributed by atoms with E-state index in [1.165, 1.54) is 11.1 Å². The van der Waals surface area contributed by atoms with Gasteiger partial charge in [-0.1, -0.05) is 29.8 Å². The van der Waals surface area contributed by atoms with E-state index in [1.807, 2.05) is 34.0 Å². The van der Waals surface area contributed by atoms with E-state index >= 15 is 0 Å². The summed E-state index contributed by atoms with van der Waals surface area (Å²) < 4.78 is 3.11. The number of carbonyl (C=O) groups excluding carboxylic acids is 2. The van der Waals surface area contributed by atoms with E-state index in [4.69, 9.17) is 0 Å². The number of amides is 2. The molecule has 4 rings (SSSR count). The minimum atomic E-state index is -0.00558. The molecule has 0 unspecified atom stereocenters. The molecule has 29 heavy (non-hydrogen) atoms. The maximum atomic E-state index is 12.9. The molecule has 0 bridgehead atoms. The zero-order chi connectivity index (χ0) is 20.4. The third-order valence-corrected chi connectivity index (χ3v) is 6.72. The summed E-state index contributed by atoms with van der Waals surface area (Å²) in [5.74, 6) is 0.173. The van der Waals surface area contributed by atoms with Crippen LogP contribution in [0.2, 0.25) is 0 Å². The third-order valence-electron chi connectivity index (χ3n) is 5.87. The molecular weight excluding hydrogens is 382 g/mol. The summed E-state index contributed by atoms with van der Waals surface area (Å²) >= 11 is 1.65. The summed E-state index contributed by atoms with van der Waals surface area (Å²) in [4.78, 5) is 27.3. The number of thiophene rings is 1. The van der Waals surface area contributed by atoms with Crippen LogP contribution in [0.4, 0.5) is 0 Å². The lowest BCUT2D eigenvalue weighted by atomic mass is 9.95. The van der Waals surface area contributed by atoms with E-state index in [1.54, 1.807) is 11.3 Å². The van der Waals surface area contributed by atoms with Gasteiger partial charge in [0, 0.05) is 32.6 Å². The quantitative estimate of drug-likeness (QED) is 0.698. The molecule has 0 atom stereocenters. The van der Waals surface area contributed by atoms with Crippen molar-refractivity contribution in [2.75, 3.05) is 19.6 Å². The molecule has 1 N–H and O–H groups in total. The highest BCUT2D eigenvalue weighted by Gasteiger charge is 2.29. The molecule has 0 aliphatic carbocycles. The Labute approximate surface area is 175 Å². The first-order valence-electron chi connectivity index (χ1n) is 10.2. The van der Waals surface area contributed by atoms with Gasteiger partial charge in [0.2, 0.25) is 5.91 Å². The first-order chi connectivity index (χ1) is 14.0. The van der Waals surface area contributed by atoms with Crippen LogP contribution < -0.4 is 5.32 Å². The fraction of sp³-hybridized carbons (Fsp3) is 0.391. The molecule has 2 aromatic heterocycles. The van der Waals surface area contributed by atoms with Gasteiger partial charge in [-0.2, -0.15) is 0 Å². The predicted molar refractivity (Wildman–Crippen MR) is 117 cm³/mol. The van der Waals surface area contributed by atoms with Crippen molar-refractivity contribution in [3.63, 3.8) is 0 Å². The second-order valence-corrected chi connectivity index (χ2v) is 8.80. The van der Waals surface area contributed by atoms with Crippen LogP contribution in [0.3, 0.4) is 0 Å². The molecule has 0 radical (unpaired) electrons. The number of benzene rings is 1. The largest absolute Gasteiger partial charge is 0.356 e. The average Bonchev–Trinajstić information content (AvgIpc) is 3.32. The van der Waals surface area contributed by atoms with E-state index in [0.29, 0.717) is 19.6 Å². The van der Waals surface area contributed by atoms with E-state index in [-0.39, 0.29) is 17.7 Å². The van der Waals surface area contributed by atoms with Gasteiger partial charge in [0.25, 0.3) is 5.91 Å². The van der Waals surface area contributed by atoms with Gasteiger partial charge in [-0.15, -0.1) is 11.3 Å². The zero-order valence-electron chi connectivity index (χ0n) is 17.0. The van der Waals surface area contributed by atoms with Gasteiger partial charge in [0.1, 0.15) is 5.69 Å². The molecule has 1 aliphatic rings. The second kappa shape index (κ2) is 8.41. The topological polar surface area (TPSA) is 54.3 Å². The maximum Gasteiger partial charge on any atom is 0.270 e. The first kappa shape index (κ1) is 19.7. The lowest BCUT2D eigenvalue weighted by molar-refractivity contribution is -0.126. The van der Waals surface area contributed by atoms with Crippen LogP contribution >= 0.6 is 11.3 Å². The summed E-state index contributed by atoms with van der Waals surface area (Å²) in [5.41, 5.74) is 4.31. The van der Waals surface area contributed by atoms with Crippen molar-refractivity contribution in [1.29, 1.82) is 0 Å².